The highest BCUT2D eigenvalue weighted by Gasteiger charge is 2.27. The van der Waals surface area contributed by atoms with Crippen LogP contribution in [0.3, 0.4) is 0 Å². The zero-order valence-electron chi connectivity index (χ0n) is 9.73. The van der Waals surface area contributed by atoms with Crippen molar-refractivity contribution < 1.29 is 4.43 Å². The lowest BCUT2D eigenvalue weighted by Gasteiger charge is -2.32. The first-order chi connectivity index (χ1) is 5.78. The van der Waals surface area contributed by atoms with Gasteiger partial charge >= 0.3 is 0 Å². The van der Waals surface area contributed by atoms with Crippen LogP contribution in [0, 0.1) is 11.8 Å². The molecule has 0 saturated carbocycles. The third-order valence-electron chi connectivity index (χ3n) is 1.95. The fraction of sp³-hybridized carbons (Fsp3) is 1.00. The van der Waals surface area contributed by atoms with Crippen LogP contribution in [0.4, 0.5) is 0 Å². The standard InChI is InChI=1S/C10H23BrOSi/c1-8(2)10(9(3)7-11)12-13(4,5)6/h8-10H,7H2,1-6H3/t9-,10+/m0/s1. The van der Waals surface area contributed by atoms with Crippen molar-refractivity contribution in [2.75, 3.05) is 5.33 Å². The van der Waals surface area contributed by atoms with Gasteiger partial charge in [0.1, 0.15) is 0 Å². The van der Waals surface area contributed by atoms with Crippen molar-refractivity contribution in [1.29, 1.82) is 0 Å². The van der Waals surface area contributed by atoms with Gasteiger partial charge in [0.05, 0.1) is 6.10 Å². The zero-order chi connectivity index (χ0) is 10.6. The van der Waals surface area contributed by atoms with Gasteiger partial charge in [-0.15, -0.1) is 0 Å². The summed E-state index contributed by atoms with van der Waals surface area (Å²) in [5, 5.41) is 1.03. The molecule has 0 aliphatic heterocycles. The normalized spacial score (nSPS) is 17.5. The van der Waals surface area contributed by atoms with Crippen molar-refractivity contribution in [1.82, 2.24) is 0 Å². The number of halogens is 1. The predicted octanol–water partition coefficient (Wildman–Crippen LogP) is 3.89. The van der Waals surface area contributed by atoms with E-state index in [9.17, 15) is 0 Å². The maximum absolute atomic E-state index is 6.16. The Morgan fingerprint density at radius 3 is 1.85 bits per heavy atom. The molecule has 0 heterocycles. The molecule has 0 spiro atoms. The largest absolute Gasteiger partial charge is 0.414 e. The summed E-state index contributed by atoms with van der Waals surface area (Å²) in [6, 6.07) is 0. The van der Waals surface area contributed by atoms with Crippen LogP contribution in [0.15, 0.2) is 0 Å². The van der Waals surface area contributed by atoms with Gasteiger partial charge < -0.3 is 4.43 Å². The molecule has 0 bridgehead atoms. The molecule has 2 atom stereocenters. The van der Waals surface area contributed by atoms with Gasteiger partial charge in [0.2, 0.25) is 0 Å². The van der Waals surface area contributed by atoms with E-state index in [1.165, 1.54) is 0 Å². The van der Waals surface area contributed by atoms with Crippen LogP contribution in [-0.2, 0) is 4.43 Å². The highest BCUT2D eigenvalue weighted by Crippen LogP contribution is 2.22. The zero-order valence-corrected chi connectivity index (χ0v) is 12.3. The molecule has 0 unspecified atom stereocenters. The van der Waals surface area contributed by atoms with Crippen LogP contribution < -0.4 is 0 Å². The lowest BCUT2D eigenvalue weighted by molar-refractivity contribution is 0.100. The molecule has 0 aromatic rings. The molecular weight excluding hydrogens is 244 g/mol. The molecule has 1 nitrogen and oxygen atoms in total. The Morgan fingerprint density at radius 1 is 1.15 bits per heavy atom. The van der Waals surface area contributed by atoms with Crippen LogP contribution in [0.2, 0.25) is 19.6 Å². The average molecular weight is 267 g/mol. The first-order valence-electron chi connectivity index (χ1n) is 5.01. The molecule has 0 fully saturated rings. The minimum atomic E-state index is -1.38. The second kappa shape index (κ2) is 5.52. The second-order valence-corrected chi connectivity index (χ2v) is 10.2. The molecule has 0 N–H and O–H groups in total. The number of rotatable bonds is 5. The van der Waals surface area contributed by atoms with E-state index in [1.54, 1.807) is 0 Å². The fourth-order valence-electron chi connectivity index (χ4n) is 1.41. The van der Waals surface area contributed by atoms with Gasteiger partial charge in [0.15, 0.2) is 8.32 Å². The summed E-state index contributed by atoms with van der Waals surface area (Å²) >= 11 is 3.53. The molecule has 0 amide bonds. The minimum Gasteiger partial charge on any atom is -0.414 e. The van der Waals surface area contributed by atoms with Crippen molar-refractivity contribution in [3.63, 3.8) is 0 Å². The highest BCUT2D eigenvalue weighted by molar-refractivity contribution is 9.09. The fourth-order valence-corrected chi connectivity index (χ4v) is 3.09. The maximum atomic E-state index is 6.16. The first-order valence-corrected chi connectivity index (χ1v) is 9.54. The van der Waals surface area contributed by atoms with Gasteiger partial charge in [0.25, 0.3) is 0 Å². The Hall–Kier alpha value is 0.657. The smallest absolute Gasteiger partial charge is 0.184 e. The van der Waals surface area contributed by atoms with Crippen molar-refractivity contribution >= 4 is 24.2 Å². The minimum absolute atomic E-state index is 0.408. The molecule has 0 aromatic heterocycles. The molecule has 0 aromatic carbocycles. The van der Waals surface area contributed by atoms with E-state index in [0.717, 1.165) is 5.33 Å². The van der Waals surface area contributed by atoms with E-state index >= 15 is 0 Å². The molecule has 80 valence electrons. The van der Waals surface area contributed by atoms with Gasteiger partial charge in [-0.1, -0.05) is 36.7 Å². The summed E-state index contributed by atoms with van der Waals surface area (Å²) in [5.41, 5.74) is 0. The van der Waals surface area contributed by atoms with Crippen LogP contribution in [-0.4, -0.2) is 19.8 Å². The number of hydrogen-bond acceptors (Lipinski definition) is 1. The molecule has 13 heavy (non-hydrogen) atoms. The van der Waals surface area contributed by atoms with Crippen molar-refractivity contribution in [2.45, 2.75) is 46.5 Å². The Kier molecular flexibility index (Phi) is 5.80. The van der Waals surface area contributed by atoms with E-state index in [1.807, 2.05) is 0 Å². The quantitative estimate of drug-likeness (QED) is 0.542. The molecular formula is C10H23BrOSi. The van der Waals surface area contributed by atoms with Crippen molar-refractivity contribution in [3.8, 4) is 0 Å². The van der Waals surface area contributed by atoms with Gasteiger partial charge in [-0.05, 0) is 31.5 Å². The van der Waals surface area contributed by atoms with Crippen molar-refractivity contribution in [2.24, 2.45) is 11.8 Å². The SMILES string of the molecule is CC(C)[C@@H](O[Si](C)(C)C)[C@@H](C)CBr. The number of hydrogen-bond donors (Lipinski definition) is 0. The van der Waals surface area contributed by atoms with Gasteiger partial charge in [-0.3, -0.25) is 0 Å². The highest BCUT2D eigenvalue weighted by atomic mass is 79.9. The summed E-state index contributed by atoms with van der Waals surface area (Å²) in [4.78, 5) is 0. The molecule has 0 saturated heterocycles. The van der Waals surface area contributed by atoms with E-state index in [0.29, 0.717) is 17.9 Å². The van der Waals surface area contributed by atoms with E-state index in [2.05, 4.69) is 56.3 Å². The Labute approximate surface area is 92.5 Å². The summed E-state index contributed by atoms with van der Waals surface area (Å²) < 4.78 is 6.16. The third-order valence-corrected chi connectivity index (χ3v) is 3.95. The summed E-state index contributed by atoms with van der Waals surface area (Å²) in [5.74, 6) is 1.21. The maximum Gasteiger partial charge on any atom is 0.184 e. The Morgan fingerprint density at radius 2 is 1.62 bits per heavy atom. The topological polar surface area (TPSA) is 9.23 Å². The van der Waals surface area contributed by atoms with E-state index < -0.39 is 8.32 Å². The lowest BCUT2D eigenvalue weighted by Crippen LogP contribution is -2.39. The second-order valence-electron chi connectivity index (χ2n) is 5.07. The Bertz CT molecular complexity index is 142. The summed E-state index contributed by atoms with van der Waals surface area (Å²) in [7, 11) is -1.38. The van der Waals surface area contributed by atoms with Crippen LogP contribution in [0.25, 0.3) is 0 Å². The average Bonchev–Trinajstić information content (AvgIpc) is 1.96. The Balaban J connectivity index is 4.27. The van der Waals surface area contributed by atoms with Crippen LogP contribution in [0.5, 0.6) is 0 Å². The summed E-state index contributed by atoms with van der Waals surface area (Å²) in [6.07, 6.45) is 0.408. The first kappa shape index (κ1) is 13.7. The lowest BCUT2D eigenvalue weighted by atomic mass is 9.97. The van der Waals surface area contributed by atoms with E-state index in [4.69, 9.17) is 4.43 Å². The third kappa shape index (κ3) is 5.86. The monoisotopic (exact) mass is 266 g/mol. The van der Waals surface area contributed by atoms with Gasteiger partial charge in [-0.25, -0.2) is 0 Å². The molecule has 3 heteroatoms. The molecule has 0 aliphatic rings. The van der Waals surface area contributed by atoms with Gasteiger partial charge in [0, 0.05) is 5.33 Å². The molecule has 0 radical (unpaired) electrons. The predicted molar refractivity (Wildman–Crippen MR) is 66.0 cm³/mol. The van der Waals surface area contributed by atoms with E-state index in [-0.39, 0.29) is 0 Å². The van der Waals surface area contributed by atoms with Crippen LogP contribution >= 0.6 is 15.9 Å². The van der Waals surface area contributed by atoms with Crippen LogP contribution in [0.1, 0.15) is 20.8 Å². The van der Waals surface area contributed by atoms with Crippen molar-refractivity contribution in [3.05, 3.63) is 0 Å². The summed E-state index contributed by atoms with van der Waals surface area (Å²) in [6.45, 7) is 13.5. The van der Waals surface area contributed by atoms with Gasteiger partial charge in [-0.2, -0.15) is 0 Å². The molecule has 0 rings (SSSR count). The molecule has 0 aliphatic carbocycles. The number of alkyl halides is 1.